The molecule has 0 bridgehead atoms. The van der Waals surface area contributed by atoms with Gasteiger partial charge in [0.25, 0.3) is 0 Å². The van der Waals surface area contributed by atoms with Gasteiger partial charge < -0.3 is 20.3 Å². The van der Waals surface area contributed by atoms with Gasteiger partial charge in [-0.15, -0.1) is 0 Å². The van der Waals surface area contributed by atoms with Gasteiger partial charge in [0, 0.05) is 49.9 Å². The standard InChI is InChI=1S/C26H37N5O2/c1-5-6-13-27-25(32)10-8-7-9-20-16-23-22(17-24(20)33-4)26(29-18-28-23)30-21-11-14-31(15-12-21)19(2)3/h16-19,21H,5-6,8,10-15H2,1-4H3,(H,27,32)(H,28,29,30). The number of rotatable bonds is 9. The maximum Gasteiger partial charge on any atom is 0.220 e. The van der Waals surface area contributed by atoms with Gasteiger partial charge in [0.2, 0.25) is 5.91 Å². The van der Waals surface area contributed by atoms with E-state index in [1.54, 1.807) is 13.4 Å². The molecule has 1 fully saturated rings. The van der Waals surface area contributed by atoms with E-state index in [0.29, 0.717) is 30.7 Å². The predicted octanol–water partition coefficient (Wildman–Crippen LogP) is 3.97. The highest BCUT2D eigenvalue weighted by atomic mass is 16.5. The highest BCUT2D eigenvalue weighted by Crippen LogP contribution is 2.29. The SMILES string of the molecule is CCCCNC(=O)CCC#Cc1cc2ncnc(NC3CCN(C(C)C)CC3)c2cc1OC. The van der Waals surface area contributed by atoms with Crippen molar-refractivity contribution in [2.75, 3.05) is 32.1 Å². The Morgan fingerprint density at radius 2 is 2.06 bits per heavy atom. The number of likely N-dealkylation sites (tertiary alicyclic amines) is 1. The molecular formula is C26H37N5O2. The number of methoxy groups -OCH3 is 1. The van der Waals surface area contributed by atoms with Crippen molar-refractivity contribution < 1.29 is 9.53 Å². The molecule has 0 unspecified atom stereocenters. The molecule has 7 heteroatoms. The number of fused-ring (bicyclic) bond motifs is 1. The minimum Gasteiger partial charge on any atom is -0.495 e. The number of hydrogen-bond acceptors (Lipinski definition) is 6. The number of carbonyl (C=O) groups is 1. The summed E-state index contributed by atoms with van der Waals surface area (Å²) in [6.45, 7) is 9.53. The fourth-order valence-corrected chi connectivity index (χ4v) is 4.05. The molecule has 1 aliphatic heterocycles. The maximum absolute atomic E-state index is 11.8. The molecule has 0 radical (unpaired) electrons. The molecule has 1 amide bonds. The number of amides is 1. The zero-order chi connectivity index (χ0) is 23.6. The van der Waals surface area contributed by atoms with Crippen LogP contribution in [0, 0.1) is 11.8 Å². The monoisotopic (exact) mass is 451 g/mol. The lowest BCUT2D eigenvalue weighted by Crippen LogP contribution is -2.42. The number of hydrogen-bond donors (Lipinski definition) is 2. The number of aromatic nitrogens is 2. The number of nitrogens with one attached hydrogen (secondary N) is 2. The van der Waals surface area contributed by atoms with Crippen molar-refractivity contribution >= 4 is 22.6 Å². The van der Waals surface area contributed by atoms with Crippen LogP contribution in [0.3, 0.4) is 0 Å². The minimum absolute atomic E-state index is 0.0471. The molecule has 2 aromatic rings. The lowest BCUT2D eigenvalue weighted by atomic mass is 10.0. The van der Waals surface area contributed by atoms with Gasteiger partial charge in [-0.3, -0.25) is 4.79 Å². The third kappa shape index (κ3) is 7.06. The van der Waals surface area contributed by atoms with Gasteiger partial charge in [-0.05, 0) is 45.2 Å². The topological polar surface area (TPSA) is 79.4 Å². The fourth-order valence-electron chi connectivity index (χ4n) is 4.05. The Kier molecular flexibility index (Phi) is 9.32. The van der Waals surface area contributed by atoms with Gasteiger partial charge in [-0.2, -0.15) is 0 Å². The molecule has 0 atom stereocenters. The van der Waals surface area contributed by atoms with E-state index in [4.69, 9.17) is 4.74 Å². The second-order valence-corrected chi connectivity index (χ2v) is 8.85. The molecule has 3 rings (SSSR count). The summed E-state index contributed by atoms with van der Waals surface area (Å²) < 4.78 is 5.61. The molecule has 178 valence electrons. The molecular weight excluding hydrogens is 414 g/mol. The highest BCUT2D eigenvalue weighted by molar-refractivity contribution is 5.91. The van der Waals surface area contributed by atoms with E-state index < -0.39 is 0 Å². The number of anilines is 1. The summed E-state index contributed by atoms with van der Waals surface area (Å²) in [5, 5.41) is 7.48. The summed E-state index contributed by atoms with van der Waals surface area (Å²) in [5.41, 5.74) is 1.60. The third-order valence-electron chi connectivity index (χ3n) is 6.11. The normalized spacial score (nSPS) is 14.7. The summed E-state index contributed by atoms with van der Waals surface area (Å²) in [6, 6.07) is 4.89. The number of carbonyl (C=O) groups excluding carboxylic acids is 1. The summed E-state index contributed by atoms with van der Waals surface area (Å²) >= 11 is 0. The van der Waals surface area contributed by atoms with Crippen molar-refractivity contribution in [2.24, 2.45) is 0 Å². The molecule has 2 N–H and O–H groups in total. The second-order valence-electron chi connectivity index (χ2n) is 8.85. The van der Waals surface area contributed by atoms with E-state index in [1.807, 2.05) is 12.1 Å². The molecule has 7 nitrogen and oxygen atoms in total. The van der Waals surface area contributed by atoms with Crippen molar-refractivity contribution in [1.82, 2.24) is 20.2 Å². The average Bonchev–Trinajstić information content (AvgIpc) is 2.82. The summed E-state index contributed by atoms with van der Waals surface area (Å²) in [7, 11) is 1.64. The van der Waals surface area contributed by atoms with Gasteiger partial charge in [-0.1, -0.05) is 25.2 Å². The zero-order valence-electron chi connectivity index (χ0n) is 20.4. The first-order valence-electron chi connectivity index (χ1n) is 12.1. The third-order valence-corrected chi connectivity index (χ3v) is 6.11. The lowest BCUT2D eigenvalue weighted by molar-refractivity contribution is -0.120. The van der Waals surface area contributed by atoms with Crippen LogP contribution in [0.4, 0.5) is 5.82 Å². The van der Waals surface area contributed by atoms with Crippen molar-refractivity contribution in [3.05, 3.63) is 24.0 Å². The number of piperidine rings is 1. The summed E-state index contributed by atoms with van der Waals surface area (Å²) in [5.74, 6) is 7.83. The van der Waals surface area contributed by atoms with Gasteiger partial charge in [0.05, 0.1) is 18.2 Å². The molecule has 0 saturated carbocycles. The second kappa shape index (κ2) is 12.4. The first kappa shape index (κ1) is 24.8. The number of ether oxygens (including phenoxy) is 1. The Morgan fingerprint density at radius 1 is 1.27 bits per heavy atom. The Balaban J connectivity index is 1.68. The first-order chi connectivity index (χ1) is 16.0. The Morgan fingerprint density at radius 3 is 2.76 bits per heavy atom. The minimum atomic E-state index is 0.0471. The van der Waals surface area contributed by atoms with E-state index in [9.17, 15) is 4.79 Å². The predicted molar refractivity (Wildman–Crippen MR) is 133 cm³/mol. The molecule has 33 heavy (non-hydrogen) atoms. The van der Waals surface area contributed by atoms with E-state index >= 15 is 0 Å². The molecule has 1 aromatic heterocycles. The van der Waals surface area contributed by atoms with Crippen molar-refractivity contribution in [1.29, 1.82) is 0 Å². The largest absolute Gasteiger partial charge is 0.495 e. The zero-order valence-corrected chi connectivity index (χ0v) is 20.4. The highest BCUT2D eigenvalue weighted by Gasteiger charge is 2.21. The van der Waals surface area contributed by atoms with Crippen LogP contribution < -0.4 is 15.4 Å². The average molecular weight is 452 g/mol. The van der Waals surface area contributed by atoms with Crippen LogP contribution >= 0.6 is 0 Å². The molecule has 0 spiro atoms. The number of nitrogens with zero attached hydrogens (tertiary/aromatic N) is 3. The van der Waals surface area contributed by atoms with Crippen LogP contribution in [0.15, 0.2) is 18.5 Å². The van der Waals surface area contributed by atoms with Gasteiger partial charge in [-0.25, -0.2) is 9.97 Å². The number of unbranched alkanes of at least 4 members (excludes halogenated alkanes) is 1. The van der Waals surface area contributed by atoms with Crippen molar-refractivity contribution in [3.63, 3.8) is 0 Å². The maximum atomic E-state index is 11.8. The van der Waals surface area contributed by atoms with Crippen LogP contribution in [0.25, 0.3) is 10.9 Å². The van der Waals surface area contributed by atoms with E-state index in [2.05, 4.69) is 58.1 Å². The summed E-state index contributed by atoms with van der Waals surface area (Å²) in [4.78, 5) is 23.3. The van der Waals surface area contributed by atoms with Gasteiger partial charge in [0.1, 0.15) is 17.9 Å². The Hall–Kier alpha value is -2.85. The van der Waals surface area contributed by atoms with Crippen molar-refractivity contribution in [2.45, 2.75) is 71.4 Å². The van der Waals surface area contributed by atoms with Crippen LogP contribution in [0.5, 0.6) is 5.75 Å². The van der Waals surface area contributed by atoms with E-state index in [-0.39, 0.29) is 5.91 Å². The Labute approximate surface area is 197 Å². The van der Waals surface area contributed by atoms with E-state index in [0.717, 1.165) is 67.6 Å². The van der Waals surface area contributed by atoms with Crippen molar-refractivity contribution in [3.8, 4) is 17.6 Å². The fraction of sp³-hybridized carbons (Fsp3) is 0.577. The number of benzene rings is 1. The molecule has 1 saturated heterocycles. The van der Waals surface area contributed by atoms with Crippen LogP contribution in [-0.4, -0.2) is 59.6 Å². The molecule has 1 aliphatic rings. The first-order valence-corrected chi connectivity index (χ1v) is 12.1. The van der Waals surface area contributed by atoms with Crippen LogP contribution in [-0.2, 0) is 4.79 Å². The Bertz CT molecular complexity index is 987. The van der Waals surface area contributed by atoms with Gasteiger partial charge in [0.15, 0.2) is 0 Å². The molecule has 1 aromatic carbocycles. The van der Waals surface area contributed by atoms with Crippen LogP contribution in [0.1, 0.15) is 64.9 Å². The van der Waals surface area contributed by atoms with Crippen LogP contribution in [0.2, 0.25) is 0 Å². The van der Waals surface area contributed by atoms with Gasteiger partial charge >= 0.3 is 0 Å². The molecule has 0 aliphatic carbocycles. The molecule has 2 heterocycles. The lowest BCUT2D eigenvalue weighted by Gasteiger charge is -2.35. The quantitative estimate of drug-likeness (QED) is 0.444. The summed E-state index contributed by atoms with van der Waals surface area (Å²) in [6.07, 6.45) is 6.76. The van der Waals surface area contributed by atoms with E-state index in [1.165, 1.54) is 0 Å². The smallest absolute Gasteiger partial charge is 0.220 e.